The van der Waals surface area contributed by atoms with Gasteiger partial charge >= 0.3 is 5.97 Å². The van der Waals surface area contributed by atoms with Crippen LogP contribution in [0.5, 0.6) is 0 Å². The van der Waals surface area contributed by atoms with E-state index in [4.69, 9.17) is 4.74 Å². The maximum Gasteiger partial charge on any atom is 0.310 e. The molecule has 0 spiro atoms. The van der Waals surface area contributed by atoms with E-state index >= 15 is 0 Å². The molecular weight excluding hydrogens is 349 g/mol. The van der Waals surface area contributed by atoms with Gasteiger partial charge in [-0.15, -0.1) is 0 Å². The first-order chi connectivity index (χ1) is 11.9. The third kappa shape index (κ3) is 3.39. The van der Waals surface area contributed by atoms with Crippen molar-refractivity contribution >= 4 is 21.9 Å². The highest BCUT2D eigenvalue weighted by molar-refractivity contribution is 7.90. The van der Waals surface area contributed by atoms with E-state index in [0.717, 1.165) is 0 Å². The second-order valence-electron chi connectivity index (χ2n) is 5.41. The number of nitrogens with zero attached hydrogens (tertiary/aromatic N) is 1. The standard InChI is InChI=1S/C17H14FNO5S/c18-13-5-3-4-12(10-13)11-16(20)24-9-8-19-17(21)14-6-1-2-7-15(14)25(19,22)23/h1-7,10H,8-9,11H2. The molecule has 1 aliphatic heterocycles. The van der Waals surface area contributed by atoms with E-state index in [9.17, 15) is 22.4 Å². The summed E-state index contributed by atoms with van der Waals surface area (Å²) in [5, 5.41) is 0. The second kappa shape index (κ2) is 6.64. The number of amides is 1. The predicted molar refractivity (Wildman–Crippen MR) is 85.7 cm³/mol. The minimum Gasteiger partial charge on any atom is -0.463 e. The zero-order chi connectivity index (χ0) is 18.0. The lowest BCUT2D eigenvalue weighted by Gasteiger charge is -2.15. The van der Waals surface area contributed by atoms with Crippen molar-refractivity contribution < 1.29 is 27.1 Å². The van der Waals surface area contributed by atoms with E-state index in [0.29, 0.717) is 9.87 Å². The molecule has 0 atom stereocenters. The first-order valence-corrected chi connectivity index (χ1v) is 8.90. The quantitative estimate of drug-likeness (QED) is 0.756. The highest BCUT2D eigenvalue weighted by Gasteiger charge is 2.40. The summed E-state index contributed by atoms with van der Waals surface area (Å²) in [5.41, 5.74) is 0.552. The van der Waals surface area contributed by atoms with Crippen LogP contribution in [0.2, 0.25) is 0 Å². The Morgan fingerprint density at radius 2 is 1.88 bits per heavy atom. The molecular formula is C17H14FNO5S. The molecule has 0 saturated carbocycles. The second-order valence-corrected chi connectivity index (χ2v) is 7.24. The Labute approximate surface area is 143 Å². The fourth-order valence-corrected chi connectivity index (χ4v) is 4.11. The molecule has 0 N–H and O–H groups in total. The van der Waals surface area contributed by atoms with Crippen molar-refractivity contribution in [1.29, 1.82) is 0 Å². The van der Waals surface area contributed by atoms with Crippen molar-refractivity contribution in [1.82, 2.24) is 4.31 Å². The Morgan fingerprint density at radius 3 is 2.60 bits per heavy atom. The van der Waals surface area contributed by atoms with Crippen molar-refractivity contribution in [3.8, 4) is 0 Å². The molecule has 0 aliphatic carbocycles. The number of carbonyl (C=O) groups excluding carboxylic acids is 2. The zero-order valence-corrected chi connectivity index (χ0v) is 13.8. The Balaban J connectivity index is 1.59. The Hall–Kier alpha value is -2.74. The van der Waals surface area contributed by atoms with Crippen LogP contribution >= 0.6 is 0 Å². The summed E-state index contributed by atoms with van der Waals surface area (Å²) in [6.07, 6.45) is -0.140. The lowest BCUT2D eigenvalue weighted by molar-refractivity contribution is -0.142. The highest BCUT2D eigenvalue weighted by Crippen LogP contribution is 2.29. The van der Waals surface area contributed by atoms with Gasteiger partial charge in [0.1, 0.15) is 17.3 Å². The van der Waals surface area contributed by atoms with Gasteiger partial charge in [-0.3, -0.25) is 9.59 Å². The maximum absolute atomic E-state index is 13.1. The summed E-state index contributed by atoms with van der Waals surface area (Å²) in [6, 6.07) is 11.4. The van der Waals surface area contributed by atoms with Crippen LogP contribution in [0.4, 0.5) is 4.39 Å². The van der Waals surface area contributed by atoms with Crippen LogP contribution in [0.25, 0.3) is 0 Å². The van der Waals surface area contributed by atoms with E-state index < -0.39 is 27.7 Å². The first-order valence-electron chi connectivity index (χ1n) is 7.46. The molecule has 6 nitrogen and oxygen atoms in total. The normalized spacial score (nSPS) is 15.1. The van der Waals surface area contributed by atoms with E-state index in [1.807, 2.05) is 0 Å². The van der Waals surface area contributed by atoms with E-state index in [1.54, 1.807) is 12.1 Å². The minimum absolute atomic E-state index is 0.0499. The molecule has 3 rings (SSSR count). The van der Waals surface area contributed by atoms with Gasteiger partial charge in [0.2, 0.25) is 0 Å². The summed E-state index contributed by atoms with van der Waals surface area (Å²) in [5.74, 6) is -1.74. The zero-order valence-electron chi connectivity index (χ0n) is 13.0. The number of carbonyl (C=O) groups is 2. The summed E-state index contributed by atoms with van der Waals surface area (Å²) < 4.78 is 43.4. The molecule has 0 aromatic heterocycles. The molecule has 1 amide bonds. The lowest BCUT2D eigenvalue weighted by Crippen LogP contribution is -2.33. The Morgan fingerprint density at radius 1 is 1.12 bits per heavy atom. The number of fused-ring (bicyclic) bond motifs is 1. The Kier molecular flexibility index (Phi) is 4.54. The topological polar surface area (TPSA) is 80.8 Å². The predicted octanol–water partition coefficient (Wildman–Crippen LogP) is 1.76. The van der Waals surface area contributed by atoms with Crippen molar-refractivity contribution in [3.05, 3.63) is 65.5 Å². The van der Waals surface area contributed by atoms with Crippen molar-refractivity contribution in [2.24, 2.45) is 0 Å². The molecule has 130 valence electrons. The molecule has 25 heavy (non-hydrogen) atoms. The van der Waals surface area contributed by atoms with Gasteiger partial charge in [0, 0.05) is 0 Å². The third-order valence-electron chi connectivity index (χ3n) is 3.71. The fraction of sp³-hybridized carbons (Fsp3) is 0.176. The van der Waals surface area contributed by atoms with Crippen molar-refractivity contribution in [2.75, 3.05) is 13.2 Å². The van der Waals surface area contributed by atoms with Crippen LogP contribution in [-0.2, 0) is 26.0 Å². The van der Waals surface area contributed by atoms with E-state index in [-0.39, 0.29) is 30.0 Å². The van der Waals surface area contributed by atoms with Gasteiger partial charge in [-0.25, -0.2) is 17.1 Å². The van der Waals surface area contributed by atoms with Crippen LogP contribution in [-0.4, -0.2) is 37.8 Å². The molecule has 0 bridgehead atoms. The fourth-order valence-electron chi connectivity index (χ4n) is 2.56. The summed E-state index contributed by atoms with van der Waals surface area (Å²) in [6.45, 7) is -0.544. The average molecular weight is 363 g/mol. The van der Waals surface area contributed by atoms with Gasteiger partial charge in [0.05, 0.1) is 18.5 Å². The molecule has 0 fully saturated rings. The van der Waals surface area contributed by atoms with Crippen molar-refractivity contribution in [3.63, 3.8) is 0 Å². The van der Waals surface area contributed by atoms with Crippen LogP contribution in [0.1, 0.15) is 15.9 Å². The van der Waals surface area contributed by atoms with Gasteiger partial charge in [0.25, 0.3) is 15.9 Å². The monoisotopic (exact) mass is 363 g/mol. The minimum atomic E-state index is -3.92. The number of benzene rings is 2. The third-order valence-corrected chi connectivity index (χ3v) is 5.55. The van der Waals surface area contributed by atoms with E-state index in [1.165, 1.54) is 36.4 Å². The molecule has 1 aliphatic rings. The van der Waals surface area contributed by atoms with Gasteiger partial charge < -0.3 is 4.74 Å². The maximum atomic E-state index is 13.1. The number of hydrogen-bond donors (Lipinski definition) is 0. The van der Waals surface area contributed by atoms with Crippen LogP contribution in [0.15, 0.2) is 53.4 Å². The number of halogens is 1. The number of ether oxygens (including phenoxy) is 1. The molecule has 0 radical (unpaired) electrons. The summed E-state index contributed by atoms with van der Waals surface area (Å²) >= 11 is 0. The van der Waals surface area contributed by atoms with Crippen LogP contribution in [0, 0.1) is 5.82 Å². The smallest absolute Gasteiger partial charge is 0.310 e. The first kappa shape index (κ1) is 17.1. The number of hydrogen-bond acceptors (Lipinski definition) is 5. The van der Waals surface area contributed by atoms with Gasteiger partial charge in [-0.05, 0) is 29.8 Å². The summed E-state index contributed by atoms with van der Waals surface area (Å²) in [7, 11) is -3.92. The molecule has 1 heterocycles. The van der Waals surface area contributed by atoms with Gasteiger partial charge in [0.15, 0.2) is 0 Å². The Bertz CT molecular complexity index is 942. The molecule has 8 heteroatoms. The van der Waals surface area contributed by atoms with Crippen molar-refractivity contribution in [2.45, 2.75) is 11.3 Å². The largest absolute Gasteiger partial charge is 0.463 e. The lowest BCUT2D eigenvalue weighted by atomic mass is 10.1. The highest BCUT2D eigenvalue weighted by atomic mass is 32.2. The van der Waals surface area contributed by atoms with Gasteiger partial charge in [-0.2, -0.15) is 0 Å². The van der Waals surface area contributed by atoms with Crippen LogP contribution < -0.4 is 0 Å². The summed E-state index contributed by atoms with van der Waals surface area (Å²) in [4.78, 5) is 23.9. The number of rotatable bonds is 5. The number of sulfonamides is 1. The molecule has 2 aromatic rings. The van der Waals surface area contributed by atoms with E-state index in [2.05, 4.69) is 0 Å². The number of esters is 1. The van der Waals surface area contributed by atoms with Gasteiger partial charge in [-0.1, -0.05) is 24.3 Å². The average Bonchev–Trinajstić information content (AvgIpc) is 2.76. The molecule has 0 saturated heterocycles. The molecule has 0 unspecified atom stereocenters. The molecule has 2 aromatic carbocycles. The SMILES string of the molecule is O=C(Cc1cccc(F)c1)OCCN1C(=O)c2ccccc2S1(=O)=O. The van der Waals surface area contributed by atoms with Crippen LogP contribution in [0.3, 0.4) is 0 Å².